The maximum Gasteiger partial charge on any atom is 0.226 e. The molecule has 0 unspecified atom stereocenters. The second-order valence-electron chi connectivity index (χ2n) is 9.81. The van der Waals surface area contributed by atoms with E-state index in [0.29, 0.717) is 30.6 Å². The summed E-state index contributed by atoms with van der Waals surface area (Å²) >= 11 is 0. The van der Waals surface area contributed by atoms with Gasteiger partial charge in [0.05, 0.1) is 0 Å². The molecule has 0 radical (unpaired) electrons. The van der Waals surface area contributed by atoms with Crippen molar-refractivity contribution in [2.24, 2.45) is 34.5 Å². The van der Waals surface area contributed by atoms with E-state index in [1.165, 1.54) is 0 Å². The van der Waals surface area contributed by atoms with Gasteiger partial charge in [-0.05, 0) is 82.0 Å². The molecule has 3 rings (SSSR count). The zero-order valence-corrected chi connectivity index (χ0v) is 18.0. The van der Waals surface area contributed by atoms with Crippen LogP contribution < -0.4 is 5.11 Å². The molecule has 3 aliphatic carbocycles. The molecule has 3 saturated carbocycles. The molecule has 0 aromatic carbocycles. The van der Waals surface area contributed by atoms with Gasteiger partial charge in [0, 0.05) is 36.8 Å². The zero-order chi connectivity index (χ0) is 20.7. The first-order valence-electron chi connectivity index (χ1n) is 11.2. The number of Topliss-reactive ketones (excluding diaryl/α,β-unsaturated/α-hetero) is 1. The third-order valence-electron chi connectivity index (χ3n) is 8.82. The Balaban J connectivity index is 1.84. The van der Waals surface area contributed by atoms with Crippen LogP contribution in [0.25, 0.3) is 0 Å². The van der Waals surface area contributed by atoms with Crippen LogP contribution in [0.15, 0.2) is 0 Å². The number of hydrogen-bond acceptors (Lipinski definition) is 4. The quantitative estimate of drug-likeness (QED) is 0.699. The van der Waals surface area contributed by atoms with Crippen LogP contribution >= 0.6 is 0 Å². The van der Waals surface area contributed by atoms with Crippen LogP contribution in [0, 0.1) is 34.5 Å². The Labute approximate surface area is 169 Å². The molecule has 0 N–H and O–H groups in total. The topological polar surface area (TPSA) is 77.5 Å². The Bertz CT molecular complexity index is 643. The van der Waals surface area contributed by atoms with Gasteiger partial charge in [-0.3, -0.25) is 9.59 Å². The van der Waals surface area contributed by atoms with E-state index < -0.39 is 11.4 Å². The van der Waals surface area contributed by atoms with Crippen molar-refractivity contribution in [2.45, 2.75) is 79.1 Å². The largest absolute Gasteiger partial charge is 0.550 e. The van der Waals surface area contributed by atoms with Crippen LogP contribution in [0.3, 0.4) is 0 Å². The van der Waals surface area contributed by atoms with Crippen molar-refractivity contribution in [1.82, 2.24) is 4.90 Å². The number of aliphatic carboxylic acids is 1. The van der Waals surface area contributed by atoms with E-state index in [0.717, 1.165) is 45.2 Å². The zero-order valence-electron chi connectivity index (χ0n) is 18.0. The number of hydrogen-bond donors (Lipinski definition) is 0. The van der Waals surface area contributed by atoms with Crippen molar-refractivity contribution >= 4 is 17.7 Å². The predicted octanol–water partition coefficient (Wildman–Crippen LogP) is 2.81. The highest BCUT2D eigenvalue weighted by Gasteiger charge is 2.60. The normalized spacial score (nSPS) is 39.9. The summed E-state index contributed by atoms with van der Waals surface area (Å²) in [5, 5.41) is 11.1. The van der Waals surface area contributed by atoms with Gasteiger partial charge in [-0.1, -0.05) is 13.8 Å². The van der Waals surface area contributed by atoms with Gasteiger partial charge < -0.3 is 14.8 Å². The summed E-state index contributed by atoms with van der Waals surface area (Å²) in [6, 6.07) is 0. The minimum atomic E-state index is -1.07. The van der Waals surface area contributed by atoms with E-state index in [1.807, 2.05) is 25.7 Å². The van der Waals surface area contributed by atoms with Gasteiger partial charge in [-0.25, -0.2) is 0 Å². The highest BCUT2D eigenvalue weighted by atomic mass is 16.4. The molecule has 0 saturated heterocycles. The number of amides is 1. The van der Waals surface area contributed by atoms with Gasteiger partial charge >= 0.3 is 0 Å². The van der Waals surface area contributed by atoms with Gasteiger partial charge in [-0.15, -0.1) is 0 Å². The van der Waals surface area contributed by atoms with Gasteiger partial charge in [0.25, 0.3) is 0 Å². The van der Waals surface area contributed by atoms with E-state index in [2.05, 4.69) is 6.92 Å². The molecule has 3 fully saturated rings. The number of ketones is 1. The average Bonchev–Trinajstić information content (AvgIpc) is 3.01. The fourth-order valence-corrected chi connectivity index (χ4v) is 7.12. The molecule has 0 aromatic heterocycles. The van der Waals surface area contributed by atoms with Crippen molar-refractivity contribution < 1.29 is 19.5 Å². The number of rotatable bonds is 6. The third kappa shape index (κ3) is 3.29. The van der Waals surface area contributed by atoms with Crippen molar-refractivity contribution in [1.29, 1.82) is 0 Å². The SMILES string of the molecule is CCN(CC)C(=O)[C@H]1CC[C@@H]2[C@H]3CCC(=O)[C@@](C)(CCC(=O)[O-])[C@@H]3CC[C@]12C. The molecule has 3 aliphatic rings. The molecular weight excluding hydrogens is 354 g/mol. The predicted molar refractivity (Wildman–Crippen MR) is 105 cm³/mol. The lowest BCUT2D eigenvalue weighted by Gasteiger charge is -2.55. The van der Waals surface area contributed by atoms with E-state index in [9.17, 15) is 19.5 Å². The smallest absolute Gasteiger partial charge is 0.226 e. The van der Waals surface area contributed by atoms with Crippen LogP contribution in [0.5, 0.6) is 0 Å². The van der Waals surface area contributed by atoms with Crippen LogP contribution in [0.4, 0.5) is 0 Å². The number of carbonyl (C=O) groups excluding carboxylic acids is 3. The van der Waals surface area contributed by atoms with Crippen molar-refractivity contribution in [3.8, 4) is 0 Å². The maximum absolute atomic E-state index is 13.2. The van der Waals surface area contributed by atoms with Crippen LogP contribution in [0.2, 0.25) is 0 Å². The summed E-state index contributed by atoms with van der Waals surface area (Å²) in [5.41, 5.74) is -0.540. The first-order chi connectivity index (χ1) is 13.2. The summed E-state index contributed by atoms with van der Waals surface area (Å²) in [5.74, 6) is 0.692. The van der Waals surface area contributed by atoms with Crippen LogP contribution in [-0.4, -0.2) is 35.6 Å². The summed E-state index contributed by atoms with van der Waals surface area (Å²) in [4.78, 5) is 39.0. The third-order valence-corrected chi connectivity index (χ3v) is 8.82. The molecule has 5 heteroatoms. The summed E-state index contributed by atoms with van der Waals surface area (Å²) in [6.45, 7) is 9.90. The molecule has 0 bridgehead atoms. The van der Waals surface area contributed by atoms with Gasteiger partial charge in [0.2, 0.25) is 5.91 Å². The first kappa shape index (κ1) is 21.3. The summed E-state index contributed by atoms with van der Waals surface area (Å²) in [6.07, 6.45) is 5.68. The molecular formula is C23H36NO4-. The average molecular weight is 391 g/mol. The number of nitrogens with zero attached hydrogens (tertiary/aromatic N) is 1. The standard InChI is InChI=1S/C23H37NO4/c1-5-24(6-2)21(28)18-9-8-16-15-7-10-19(25)23(4,14-12-20(26)27)17(15)11-13-22(16,18)3/h15-18H,5-14H2,1-4H3,(H,26,27)/p-1/t15-,16-,17-,18-,22+,23+/m1/s1. The Morgan fingerprint density at radius 1 is 1.07 bits per heavy atom. The summed E-state index contributed by atoms with van der Waals surface area (Å²) in [7, 11) is 0. The molecule has 0 aromatic rings. The number of carboxylic acids is 1. The first-order valence-corrected chi connectivity index (χ1v) is 11.2. The Hall–Kier alpha value is -1.39. The number of fused-ring (bicyclic) bond motifs is 3. The molecule has 1 amide bonds. The lowest BCUT2D eigenvalue weighted by molar-refractivity contribution is -0.306. The monoisotopic (exact) mass is 390 g/mol. The van der Waals surface area contributed by atoms with E-state index in [1.54, 1.807) is 0 Å². The second kappa shape index (κ2) is 7.79. The molecule has 0 aliphatic heterocycles. The molecule has 5 nitrogen and oxygen atoms in total. The van der Waals surface area contributed by atoms with E-state index in [4.69, 9.17) is 0 Å². The van der Waals surface area contributed by atoms with Gasteiger partial charge in [0.15, 0.2) is 0 Å². The second-order valence-corrected chi connectivity index (χ2v) is 9.81. The number of carboxylic acid groups (broad SMARTS) is 1. The molecule has 0 spiro atoms. The summed E-state index contributed by atoms with van der Waals surface area (Å²) < 4.78 is 0. The van der Waals surface area contributed by atoms with Crippen LogP contribution in [0.1, 0.15) is 79.1 Å². The number of carbonyl (C=O) groups is 3. The van der Waals surface area contributed by atoms with Crippen molar-refractivity contribution in [2.75, 3.05) is 13.1 Å². The molecule has 6 atom stereocenters. The highest BCUT2D eigenvalue weighted by molar-refractivity contribution is 5.86. The van der Waals surface area contributed by atoms with Crippen LogP contribution in [-0.2, 0) is 14.4 Å². The fourth-order valence-electron chi connectivity index (χ4n) is 7.12. The highest BCUT2D eigenvalue weighted by Crippen LogP contribution is 2.64. The minimum Gasteiger partial charge on any atom is -0.550 e. The Morgan fingerprint density at radius 2 is 1.75 bits per heavy atom. The molecule has 28 heavy (non-hydrogen) atoms. The lowest BCUT2D eigenvalue weighted by Crippen LogP contribution is -2.53. The lowest BCUT2D eigenvalue weighted by atomic mass is 9.48. The molecule has 0 heterocycles. The molecule has 158 valence electrons. The minimum absolute atomic E-state index is 0.0104. The van der Waals surface area contributed by atoms with Gasteiger partial charge in [-0.2, -0.15) is 0 Å². The fraction of sp³-hybridized carbons (Fsp3) is 0.870. The van der Waals surface area contributed by atoms with Gasteiger partial charge in [0.1, 0.15) is 5.78 Å². The van der Waals surface area contributed by atoms with E-state index >= 15 is 0 Å². The van der Waals surface area contributed by atoms with Crippen molar-refractivity contribution in [3.05, 3.63) is 0 Å². The Kier molecular flexibility index (Phi) is 5.94. The van der Waals surface area contributed by atoms with E-state index in [-0.39, 0.29) is 29.5 Å². The Morgan fingerprint density at radius 3 is 2.36 bits per heavy atom. The maximum atomic E-state index is 13.2. The van der Waals surface area contributed by atoms with Crippen molar-refractivity contribution in [3.63, 3.8) is 0 Å².